The summed E-state index contributed by atoms with van der Waals surface area (Å²) in [5, 5.41) is 0. The van der Waals surface area contributed by atoms with Crippen molar-refractivity contribution in [3.8, 4) is 0 Å². The molecule has 6 nitrogen and oxygen atoms in total. The minimum absolute atomic E-state index is 0.0763. The Morgan fingerprint density at radius 2 is 0.494 bits per heavy atom. The van der Waals surface area contributed by atoms with Gasteiger partial charge in [0.1, 0.15) is 13.2 Å². The fourth-order valence-corrected chi connectivity index (χ4v) is 10.5. The van der Waals surface area contributed by atoms with Crippen molar-refractivity contribution < 1.29 is 28.6 Å². The predicted octanol–water partition coefficient (Wildman–Crippen LogP) is 25.0. The normalized spacial score (nSPS) is 12.6. The molecule has 0 heterocycles. The summed E-state index contributed by atoms with van der Waals surface area (Å²) in [6.45, 7) is 6.51. The van der Waals surface area contributed by atoms with E-state index >= 15 is 0 Å². The molecular weight excluding hydrogens is 1020 g/mol. The van der Waals surface area contributed by atoms with Crippen molar-refractivity contribution >= 4 is 17.9 Å². The standard InChI is InChI=1S/C77H136O6/c1-4-7-10-13-16-19-22-25-27-29-31-33-34-35-36-37-38-39-40-41-42-44-45-47-49-52-55-58-61-64-67-70-76(79)82-73-74(72-81-75(78)69-66-63-60-57-54-51-24-21-18-15-12-9-6-3)83-77(80)71-68-65-62-59-56-53-50-48-46-43-32-30-28-26-23-20-17-14-11-8-5-2/h7,10,12,15-16,19,21,24-25,27,31,33,35-36,74H,4-6,8-9,11,13-14,17-18,20,22-23,26,28-30,32,34,37-73H2,1-3H3/b10-7-,15-12-,19-16-,24-21-,27-25-,33-31-,36-35-. The molecule has 0 N–H and O–H groups in total. The maximum atomic E-state index is 13.0. The Morgan fingerprint density at radius 1 is 0.253 bits per heavy atom. The molecule has 0 aliphatic carbocycles. The van der Waals surface area contributed by atoms with E-state index in [1.807, 2.05) is 0 Å². The van der Waals surface area contributed by atoms with Crippen LogP contribution in [0, 0.1) is 0 Å². The second-order valence-electron chi connectivity index (χ2n) is 24.1. The minimum Gasteiger partial charge on any atom is -0.462 e. The van der Waals surface area contributed by atoms with Crippen molar-refractivity contribution in [1.82, 2.24) is 0 Å². The second kappa shape index (κ2) is 71.1. The summed E-state index contributed by atoms with van der Waals surface area (Å²) in [7, 11) is 0. The Morgan fingerprint density at radius 3 is 0.783 bits per heavy atom. The molecule has 1 unspecified atom stereocenters. The number of carbonyl (C=O) groups is 3. The van der Waals surface area contributed by atoms with Gasteiger partial charge in [0, 0.05) is 19.3 Å². The third-order valence-corrected chi connectivity index (χ3v) is 15.9. The molecule has 1 atom stereocenters. The molecule has 0 saturated carbocycles. The van der Waals surface area contributed by atoms with E-state index < -0.39 is 6.10 Å². The van der Waals surface area contributed by atoms with E-state index in [-0.39, 0.29) is 31.1 Å². The molecule has 0 amide bonds. The van der Waals surface area contributed by atoms with Gasteiger partial charge < -0.3 is 14.2 Å². The summed E-state index contributed by atoms with van der Waals surface area (Å²) in [4.78, 5) is 38.4. The predicted molar refractivity (Wildman–Crippen MR) is 362 cm³/mol. The van der Waals surface area contributed by atoms with Crippen LogP contribution in [-0.4, -0.2) is 37.2 Å². The van der Waals surface area contributed by atoms with Gasteiger partial charge in [0.05, 0.1) is 0 Å². The molecule has 0 aromatic rings. The molecule has 0 bridgehead atoms. The largest absolute Gasteiger partial charge is 0.462 e. The van der Waals surface area contributed by atoms with Gasteiger partial charge in [-0.1, -0.05) is 343 Å². The van der Waals surface area contributed by atoms with Crippen LogP contribution in [0.4, 0.5) is 0 Å². The van der Waals surface area contributed by atoms with Crippen LogP contribution in [0.5, 0.6) is 0 Å². The summed E-state index contributed by atoms with van der Waals surface area (Å²) < 4.78 is 17.0. The molecule has 83 heavy (non-hydrogen) atoms. The van der Waals surface area contributed by atoms with Crippen LogP contribution in [0.1, 0.15) is 367 Å². The van der Waals surface area contributed by atoms with Crippen molar-refractivity contribution in [2.75, 3.05) is 13.2 Å². The van der Waals surface area contributed by atoms with Crippen LogP contribution in [0.2, 0.25) is 0 Å². The first-order valence-electron chi connectivity index (χ1n) is 36.1. The molecule has 480 valence electrons. The average Bonchev–Trinajstić information content (AvgIpc) is 3.49. The zero-order valence-electron chi connectivity index (χ0n) is 55.2. The van der Waals surface area contributed by atoms with Crippen molar-refractivity contribution in [3.63, 3.8) is 0 Å². The number of allylic oxidation sites excluding steroid dienone is 14. The molecule has 0 aliphatic heterocycles. The topological polar surface area (TPSA) is 78.9 Å². The summed E-state index contributed by atoms with van der Waals surface area (Å²) in [6, 6.07) is 0. The minimum atomic E-state index is -0.781. The first-order valence-corrected chi connectivity index (χ1v) is 36.1. The summed E-state index contributed by atoms with van der Waals surface area (Å²) in [6.07, 6.45) is 94.8. The maximum Gasteiger partial charge on any atom is 0.306 e. The Bertz CT molecular complexity index is 1570. The Hall–Kier alpha value is -3.41. The van der Waals surface area contributed by atoms with Crippen LogP contribution in [0.25, 0.3) is 0 Å². The maximum absolute atomic E-state index is 13.0. The van der Waals surface area contributed by atoms with E-state index in [1.165, 1.54) is 212 Å². The van der Waals surface area contributed by atoms with E-state index in [9.17, 15) is 14.4 Å². The number of esters is 3. The summed E-state index contributed by atoms with van der Waals surface area (Å²) >= 11 is 0. The zero-order valence-corrected chi connectivity index (χ0v) is 55.2. The average molecular weight is 1160 g/mol. The lowest BCUT2D eigenvalue weighted by atomic mass is 10.0. The fourth-order valence-electron chi connectivity index (χ4n) is 10.5. The lowest BCUT2D eigenvalue weighted by Crippen LogP contribution is -2.30. The van der Waals surface area contributed by atoms with Crippen molar-refractivity contribution in [1.29, 1.82) is 0 Å². The van der Waals surface area contributed by atoms with Gasteiger partial charge in [0.15, 0.2) is 6.10 Å². The van der Waals surface area contributed by atoms with Crippen LogP contribution in [0.3, 0.4) is 0 Å². The number of rotatable bonds is 66. The van der Waals surface area contributed by atoms with Gasteiger partial charge in [0.2, 0.25) is 0 Å². The van der Waals surface area contributed by atoms with Gasteiger partial charge in [-0.25, -0.2) is 0 Å². The zero-order chi connectivity index (χ0) is 59.9. The van der Waals surface area contributed by atoms with E-state index in [2.05, 4.69) is 106 Å². The monoisotopic (exact) mass is 1160 g/mol. The molecule has 0 aromatic carbocycles. The summed E-state index contributed by atoms with van der Waals surface area (Å²) in [5.41, 5.74) is 0. The molecule has 0 aromatic heterocycles. The van der Waals surface area contributed by atoms with E-state index in [0.29, 0.717) is 19.3 Å². The number of carbonyl (C=O) groups excluding carboxylic acids is 3. The third kappa shape index (κ3) is 69.3. The quantitative estimate of drug-likeness (QED) is 0.0261. The lowest BCUT2D eigenvalue weighted by Gasteiger charge is -2.18. The first kappa shape index (κ1) is 79.6. The highest BCUT2D eigenvalue weighted by molar-refractivity contribution is 5.71. The first-order chi connectivity index (χ1) is 41.0. The van der Waals surface area contributed by atoms with Crippen LogP contribution < -0.4 is 0 Å². The number of ether oxygens (including phenoxy) is 3. The van der Waals surface area contributed by atoms with Gasteiger partial charge in [-0.2, -0.15) is 0 Å². The van der Waals surface area contributed by atoms with E-state index in [0.717, 1.165) is 116 Å². The smallest absolute Gasteiger partial charge is 0.306 e. The Balaban J connectivity index is 4.21. The van der Waals surface area contributed by atoms with Crippen molar-refractivity contribution in [2.24, 2.45) is 0 Å². The molecule has 0 aliphatic rings. The number of unbranched alkanes of at least 4 members (excludes halogenated alkanes) is 41. The molecule has 0 saturated heterocycles. The number of hydrogen-bond acceptors (Lipinski definition) is 6. The number of hydrogen-bond donors (Lipinski definition) is 0. The van der Waals surface area contributed by atoms with Crippen LogP contribution in [0.15, 0.2) is 85.1 Å². The highest BCUT2D eigenvalue weighted by atomic mass is 16.6. The third-order valence-electron chi connectivity index (χ3n) is 15.9. The molecule has 0 spiro atoms. The van der Waals surface area contributed by atoms with Crippen LogP contribution >= 0.6 is 0 Å². The van der Waals surface area contributed by atoms with Crippen molar-refractivity contribution in [2.45, 2.75) is 374 Å². The van der Waals surface area contributed by atoms with E-state index in [4.69, 9.17) is 14.2 Å². The fraction of sp³-hybridized carbons (Fsp3) is 0.779. The van der Waals surface area contributed by atoms with Gasteiger partial charge in [0.25, 0.3) is 0 Å². The highest BCUT2D eigenvalue weighted by Crippen LogP contribution is 2.18. The van der Waals surface area contributed by atoms with Crippen molar-refractivity contribution in [3.05, 3.63) is 85.1 Å². The molecule has 6 heteroatoms. The second-order valence-corrected chi connectivity index (χ2v) is 24.1. The highest BCUT2D eigenvalue weighted by Gasteiger charge is 2.19. The van der Waals surface area contributed by atoms with Gasteiger partial charge in [-0.05, 0) is 89.9 Å². The lowest BCUT2D eigenvalue weighted by molar-refractivity contribution is -0.167. The molecule has 0 radical (unpaired) electrons. The Labute approximate surface area is 515 Å². The Kier molecular flexibility index (Phi) is 68.2. The van der Waals surface area contributed by atoms with E-state index in [1.54, 1.807) is 0 Å². The SMILES string of the molecule is CC/C=C\C/C=C\C/C=C\C/C=C\C/C=C\CCCCCCCCCCCCCCCCCC(=O)OCC(COC(=O)CCCCCCC/C=C\C/C=C\CCC)OC(=O)CCCCCCCCCCCCCCCCCCCCCCC. The molecular formula is C77H136O6. The molecule has 0 fully saturated rings. The molecule has 0 rings (SSSR count). The van der Waals surface area contributed by atoms with Crippen LogP contribution in [-0.2, 0) is 28.6 Å². The van der Waals surface area contributed by atoms with Gasteiger partial charge >= 0.3 is 17.9 Å². The van der Waals surface area contributed by atoms with Gasteiger partial charge in [-0.3, -0.25) is 14.4 Å². The summed E-state index contributed by atoms with van der Waals surface area (Å²) in [5.74, 6) is -0.869. The van der Waals surface area contributed by atoms with Gasteiger partial charge in [-0.15, -0.1) is 0 Å².